The number of hydrogen-bond donors (Lipinski definition) is 1. The first-order valence-electron chi connectivity index (χ1n) is 7.94. The Morgan fingerprint density at radius 2 is 2.04 bits per heavy atom. The zero-order valence-corrected chi connectivity index (χ0v) is 13.4. The molecule has 1 aliphatic rings. The van der Waals surface area contributed by atoms with E-state index in [2.05, 4.69) is 17.0 Å². The first-order chi connectivity index (χ1) is 11.2. The lowest BCUT2D eigenvalue weighted by molar-refractivity contribution is 0.100. The van der Waals surface area contributed by atoms with Gasteiger partial charge in [0.2, 0.25) is 5.91 Å². The lowest BCUT2D eigenvalue weighted by atomic mass is 10.0. The van der Waals surface area contributed by atoms with Crippen LogP contribution in [0.15, 0.2) is 48.5 Å². The molecule has 2 aromatic rings. The molecule has 1 amide bonds. The number of methoxy groups -OCH3 is 1. The number of ether oxygens (including phenoxy) is 1. The van der Waals surface area contributed by atoms with Gasteiger partial charge in [-0.25, -0.2) is 0 Å². The number of carbonyl (C=O) groups excluding carboxylic acids is 1. The van der Waals surface area contributed by atoms with E-state index in [1.807, 2.05) is 24.3 Å². The molecule has 1 saturated heterocycles. The Morgan fingerprint density at radius 3 is 2.74 bits per heavy atom. The molecule has 4 heteroatoms. The third-order valence-electron chi connectivity index (χ3n) is 4.47. The fourth-order valence-corrected chi connectivity index (χ4v) is 3.25. The van der Waals surface area contributed by atoms with E-state index in [0.29, 0.717) is 11.6 Å². The molecule has 1 fully saturated rings. The number of nitrogens with zero attached hydrogens (tertiary/aromatic N) is 1. The largest absolute Gasteiger partial charge is 0.497 e. The van der Waals surface area contributed by atoms with Crippen LogP contribution in [0.5, 0.6) is 5.75 Å². The molecule has 1 atom stereocenters. The van der Waals surface area contributed by atoms with Gasteiger partial charge in [-0.2, -0.15) is 0 Å². The maximum atomic E-state index is 11.2. The van der Waals surface area contributed by atoms with Crippen LogP contribution in [0.25, 0.3) is 0 Å². The van der Waals surface area contributed by atoms with Crippen LogP contribution in [0.2, 0.25) is 0 Å². The van der Waals surface area contributed by atoms with E-state index >= 15 is 0 Å². The lowest BCUT2D eigenvalue weighted by Gasteiger charge is -2.25. The first-order valence-corrected chi connectivity index (χ1v) is 7.94. The number of carbonyl (C=O) groups is 1. The van der Waals surface area contributed by atoms with Gasteiger partial charge in [-0.3, -0.25) is 9.69 Å². The molecule has 1 aliphatic heterocycles. The second-order valence-corrected chi connectivity index (χ2v) is 5.97. The number of hydrogen-bond acceptors (Lipinski definition) is 3. The van der Waals surface area contributed by atoms with Gasteiger partial charge in [-0.05, 0) is 54.8 Å². The highest BCUT2D eigenvalue weighted by Crippen LogP contribution is 2.34. The summed E-state index contributed by atoms with van der Waals surface area (Å²) in [6, 6.07) is 16.3. The van der Waals surface area contributed by atoms with Crippen molar-refractivity contribution in [3.63, 3.8) is 0 Å². The maximum absolute atomic E-state index is 11.2. The van der Waals surface area contributed by atoms with E-state index in [9.17, 15) is 4.79 Å². The van der Waals surface area contributed by atoms with Gasteiger partial charge in [-0.1, -0.05) is 24.3 Å². The predicted molar refractivity (Wildman–Crippen MR) is 90.3 cm³/mol. The summed E-state index contributed by atoms with van der Waals surface area (Å²) in [6.45, 7) is 1.96. The molecule has 0 spiro atoms. The zero-order valence-electron chi connectivity index (χ0n) is 13.4. The molecular weight excluding hydrogens is 288 g/mol. The minimum absolute atomic E-state index is 0.382. The van der Waals surface area contributed by atoms with Gasteiger partial charge in [-0.15, -0.1) is 0 Å². The van der Waals surface area contributed by atoms with Gasteiger partial charge in [0.05, 0.1) is 7.11 Å². The summed E-state index contributed by atoms with van der Waals surface area (Å²) in [5, 5.41) is 0. The third-order valence-corrected chi connectivity index (χ3v) is 4.47. The lowest BCUT2D eigenvalue weighted by Crippen LogP contribution is -2.22. The van der Waals surface area contributed by atoms with Crippen LogP contribution < -0.4 is 10.5 Å². The Bertz CT molecular complexity index is 682. The SMILES string of the molecule is COc1cccc([C@@H]2CCCN2Cc2ccc(C(N)=O)cc2)c1. The highest BCUT2D eigenvalue weighted by Gasteiger charge is 2.26. The van der Waals surface area contributed by atoms with E-state index < -0.39 is 0 Å². The van der Waals surface area contributed by atoms with Crippen molar-refractivity contribution in [3.05, 3.63) is 65.2 Å². The monoisotopic (exact) mass is 310 g/mol. The Hall–Kier alpha value is -2.33. The van der Waals surface area contributed by atoms with Crippen LogP contribution in [0.4, 0.5) is 0 Å². The second-order valence-electron chi connectivity index (χ2n) is 5.97. The van der Waals surface area contributed by atoms with Crippen molar-refractivity contribution < 1.29 is 9.53 Å². The van der Waals surface area contributed by atoms with Crippen molar-refractivity contribution in [3.8, 4) is 5.75 Å². The summed E-state index contributed by atoms with van der Waals surface area (Å²) in [5.74, 6) is 0.521. The van der Waals surface area contributed by atoms with Gasteiger partial charge < -0.3 is 10.5 Å². The van der Waals surface area contributed by atoms with Crippen molar-refractivity contribution in [2.75, 3.05) is 13.7 Å². The van der Waals surface area contributed by atoms with E-state index in [4.69, 9.17) is 10.5 Å². The molecule has 2 N–H and O–H groups in total. The number of amides is 1. The van der Waals surface area contributed by atoms with E-state index in [0.717, 1.165) is 25.3 Å². The van der Waals surface area contributed by atoms with Crippen LogP contribution in [0.1, 0.15) is 40.4 Å². The minimum Gasteiger partial charge on any atom is -0.497 e. The van der Waals surface area contributed by atoms with Gasteiger partial charge in [0.15, 0.2) is 0 Å². The molecule has 0 aromatic heterocycles. The molecule has 3 rings (SSSR count). The van der Waals surface area contributed by atoms with E-state index in [-0.39, 0.29) is 5.91 Å². The molecule has 1 heterocycles. The highest BCUT2D eigenvalue weighted by molar-refractivity contribution is 5.92. The quantitative estimate of drug-likeness (QED) is 0.923. The average molecular weight is 310 g/mol. The van der Waals surface area contributed by atoms with Gasteiger partial charge >= 0.3 is 0 Å². The third kappa shape index (κ3) is 3.54. The molecule has 4 nitrogen and oxygen atoms in total. The summed E-state index contributed by atoms with van der Waals surface area (Å²) >= 11 is 0. The molecule has 0 aliphatic carbocycles. The number of likely N-dealkylation sites (tertiary alicyclic amines) is 1. The highest BCUT2D eigenvalue weighted by atomic mass is 16.5. The molecule has 2 aromatic carbocycles. The molecule has 120 valence electrons. The molecule has 0 saturated carbocycles. The Labute approximate surface area is 136 Å². The Balaban J connectivity index is 1.74. The normalized spacial score (nSPS) is 18.0. The van der Waals surface area contributed by atoms with Crippen LogP contribution in [0.3, 0.4) is 0 Å². The van der Waals surface area contributed by atoms with Crippen molar-refractivity contribution in [1.82, 2.24) is 4.90 Å². The van der Waals surface area contributed by atoms with Crippen molar-refractivity contribution >= 4 is 5.91 Å². The van der Waals surface area contributed by atoms with Crippen LogP contribution in [-0.2, 0) is 6.54 Å². The molecule has 0 bridgehead atoms. The van der Waals surface area contributed by atoms with Gasteiger partial charge in [0, 0.05) is 18.2 Å². The molecule has 0 radical (unpaired) electrons. The fraction of sp³-hybridized carbons (Fsp3) is 0.316. The number of nitrogens with two attached hydrogens (primary N) is 1. The minimum atomic E-state index is -0.382. The smallest absolute Gasteiger partial charge is 0.248 e. The zero-order chi connectivity index (χ0) is 16.2. The Morgan fingerprint density at radius 1 is 1.26 bits per heavy atom. The van der Waals surface area contributed by atoms with E-state index in [1.54, 1.807) is 19.2 Å². The standard InChI is InChI=1S/C19H22N2O2/c1-23-17-5-2-4-16(12-17)18-6-3-11-21(18)13-14-7-9-15(10-8-14)19(20)22/h2,4-5,7-10,12,18H,3,6,11,13H2,1H3,(H2,20,22)/t18-/m0/s1. The first kappa shape index (κ1) is 15.6. The van der Waals surface area contributed by atoms with Crippen LogP contribution in [0, 0.1) is 0 Å². The topological polar surface area (TPSA) is 55.6 Å². The summed E-state index contributed by atoms with van der Waals surface area (Å²) in [6.07, 6.45) is 2.35. The molecule has 23 heavy (non-hydrogen) atoms. The molecular formula is C19H22N2O2. The number of primary amides is 1. The van der Waals surface area contributed by atoms with Crippen molar-refractivity contribution in [2.45, 2.75) is 25.4 Å². The second kappa shape index (κ2) is 6.84. The number of rotatable bonds is 5. The van der Waals surface area contributed by atoms with Gasteiger partial charge in [0.25, 0.3) is 0 Å². The summed E-state index contributed by atoms with van der Waals surface area (Å²) < 4.78 is 5.34. The predicted octanol–water partition coefficient (Wildman–Crippen LogP) is 3.13. The summed E-state index contributed by atoms with van der Waals surface area (Å²) in [5.41, 5.74) is 8.35. The maximum Gasteiger partial charge on any atom is 0.248 e. The number of benzene rings is 2. The summed E-state index contributed by atoms with van der Waals surface area (Å²) in [4.78, 5) is 13.6. The van der Waals surface area contributed by atoms with Crippen LogP contribution >= 0.6 is 0 Å². The molecule has 0 unspecified atom stereocenters. The summed E-state index contributed by atoms with van der Waals surface area (Å²) in [7, 11) is 1.70. The Kier molecular flexibility index (Phi) is 4.63. The van der Waals surface area contributed by atoms with Crippen molar-refractivity contribution in [1.29, 1.82) is 0 Å². The van der Waals surface area contributed by atoms with E-state index in [1.165, 1.54) is 17.5 Å². The fourth-order valence-electron chi connectivity index (χ4n) is 3.25. The average Bonchev–Trinajstić information content (AvgIpc) is 3.03. The van der Waals surface area contributed by atoms with Crippen molar-refractivity contribution in [2.24, 2.45) is 5.73 Å². The van der Waals surface area contributed by atoms with Gasteiger partial charge in [0.1, 0.15) is 5.75 Å². The van der Waals surface area contributed by atoms with Crippen LogP contribution in [-0.4, -0.2) is 24.5 Å².